The number of rotatable bonds is 6. The SMILES string of the molecule is COc1ccccc1C1=NN(S(C)(=O)=O)C(c2cn(-c3ccccc3)nc2-c2ccccc2)C1. The van der Waals surface area contributed by atoms with Crippen molar-refractivity contribution in [3.8, 4) is 22.7 Å². The number of benzene rings is 3. The predicted octanol–water partition coefficient (Wildman–Crippen LogP) is 4.66. The molecule has 1 atom stereocenters. The Kier molecular flexibility index (Phi) is 5.67. The van der Waals surface area contributed by atoms with E-state index >= 15 is 0 Å². The lowest BCUT2D eigenvalue weighted by atomic mass is 9.97. The highest BCUT2D eigenvalue weighted by Crippen LogP contribution is 2.40. The van der Waals surface area contributed by atoms with Crippen molar-refractivity contribution < 1.29 is 13.2 Å². The number of nitrogens with zero attached hydrogens (tertiary/aromatic N) is 4. The summed E-state index contributed by atoms with van der Waals surface area (Å²) in [6.45, 7) is 0. The molecule has 8 heteroatoms. The van der Waals surface area contributed by atoms with Crippen molar-refractivity contribution in [2.24, 2.45) is 5.10 Å². The van der Waals surface area contributed by atoms with E-state index in [1.54, 1.807) is 11.8 Å². The van der Waals surface area contributed by atoms with Crippen molar-refractivity contribution in [3.05, 3.63) is 102 Å². The molecule has 0 saturated heterocycles. The molecule has 0 radical (unpaired) electrons. The van der Waals surface area contributed by atoms with E-state index in [0.29, 0.717) is 17.9 Å². The second kappa shape index (κ2) is 8.79. The summed E-state index contributed by atoms with van der Waals surface area (Å²) in [6.07, 6.45) is 3.48. The van der Waals surface area contributed by atoms with Crippen LogP contribution >= 0.6 is 0 Å². The molecule has 0 aliphatic carbocycles. The Morgan fingerprint density at radius 3 is 2.24 bits per heavy atom. The van der Waals surface area contributed by atoms with Crippen molar-refractivity contribution in [1.82, 2.24) is 14.2 Å². The predicted molar refractivity (Wildman–Crippen MR) is 133 cm³/mol. The summed E-state index contributed by atoms with van der Waals surface area (Å²) in [7, 11) is -2.05. The van der Waals surface area contributed by atoms with Crippen molar-refractivity contribution in [2.45, 2.75) is 12.5 Å². The van der Waals surface area contributed by atoms with Gasteiger partial charge in [0.15, 0.2) is 0 Å². The first-order chi connectivity index (χ1) is 16.5. The second-order valence-electron chi connectivity index (χ2n) is 8.08. The third-order valence-corrected chi connectivity index (χ3v) is 6.82. The summed E-state index contributed by atoms with van der Waals surface area (Å²) in [5.74, 6) is 0.651. The van der Waals surface area contributed by atoms with Crippen LogP contribution in [0.15, 0.2) is 96.2 Å². The highest BCUT2D eigenvalue weighted by atomic mass is 32.2. The summed E-state index contributed by atoms with van der Waals surface area (Å²) >= 11 is 0. The van der Waals surface area contributed by atoms with Crippen LogP contribution in [0.3, 0.4) is 0 Å². The van der Waals surface area contributed by atoms with Gasteiger partial charge in [0.2, 0.25) is 10.0 Å². The molecule has 0 amide bonds. The van der Waals surface area contributed by atoms with Gasteiger partial charge in [-0.2, -0.15) is 14.6 Å². The van der Waals surface area contributed by atoms with Crippen LogP contribution in [0.5, 0.6) is 5.75 Å². The van der Waals surface area contributed by atoms with Crippen LogP contribution < -0.4 is 4.74 Å². The lowest BCUT2D eigenvalue weighted by molar-refractivity contribution is 0.375. The first-order valence-corrected chi connectivity index (χ1v) is 12.7. The van der Waals surface area contributed by atoms with Gasteiger partial charge in [-0.25, -0.2) is 13.1 Å². The molecular formula is C26H24N4O3S. The first-order valence-electron chi connectivity index (χ1n) is 10.9. The van der Waals surface area contributed by atoms with Crippen LogP contribution in [0.2, 0.25) is 0 Å². The van der Waals surface area contributed by atoms with Gasteiger partial charge in [-0.3, -0.25) is 0 Å². The van der Waals surface area contributed by atoms with E-state index in [9.17, 15) is 8.42 Å². The van der Waals surface area contributed by atoms with Crippen LogP contribution in [0.1, 0.15) is 23.6 Å². The lowest BCUT2D eigenvalue weighted by Gasteiger charge is -2.21. The summed E-state index contributed by atoms with van der Waals surface area (Å²) in [6, 6.07) is 26.5. The highest BCUT2D eigenvalue weighted by Gasteiger charge is 2.38. The Hall–Kier alpha value is -3.91. The van der Waals surface area contributed by atoms with Gasteiger partial charge in [0, 0.05) is 29.3 Å². The van der Waals surface area contributed by atoms with E-state index in [4.69, 9.17) is 9.84 Å². The van der Waals surface area contributed by atoms with Gasteiger partial charge in [0.1, 0.15) is 5.75 Å². The summed E-state index contributed by atoms with van der Waals surface area (Å²) < 4.78 is 34.2. The quantitative estimate of drug-likeness (QED) is 0.409. The highest BCUT2D eigenvalue weighted by molar-refractivity contribution is 7.88. The fourth-order valence-corrected chi connectivity index (χ4v) is 5.13. The molecule has 5 rings (SSSR count). The molecule has 0 saturated carbocycles. The molecule has 0 N–H and O–H groups in total. The largest absolute Gasteiger partial charge is 0.496 e. The van der Waals surface area contributed by atoms with E-state index in [1.807, 2.05) is 91.1 Å². The lowest BCUT2D eigenvalue weighted by Crippen LogP contribution is -2.26. The maximum atomic E-state index is 12.8. The number of sulfonamides is 1. The Morgan fingerprint density at radius 2 is 1.56 bits per heavy atom. The van der Waals surface area contributed by atoms with Crippen molar-refractivity contribution in [3.63, 3.8) is 0 Å². The van der Waals surface area contributed by atoms with E-state index in [2.05, 4.69) is 5.10 Å². The number of methoxy groups -OCH3 is 1. The van der Waals surface area contributed by atoms with E-state index < -0.39 is 16.1 Å². The van der Waals surface area contributed by atoms with Gasteiger partial charge in [-0.1, -0.05) is 60.7 Å². The van der Waals surface area contributed by atoms with Gasteiger partial charge < -0.3 is 4.74 Å². The third-order valence-electron chi connectivity index (χ3n) is 5.80. The number of hydrogen-bond acceptors (Lipinski definition) is 5. The summed E-state index contributed by atoms with van der Waals surface area (Å²) in [5, 5.41) is 9.42. The van der Waals surface area contributed by atoms with Gasteiger partial charge >= 0.3 is 0 Å². The number of hydrazone groups is 1. The molecule has 1 aromatic heterocycles. The molecule has 0 spiro atoms. The minimum Gasteiger partial charge on any atom is -0.496 e. The molecule has 172 valence electrons. The Balaban J connectivity index is 1.65. The molecule has 2 heterocycles. The molecule has 0 bridgehead atoms. The molecule has 4 aromatic rings. The monoisotopic (exact) mass is 472 g/mol. The number of ether oxygens (including phenoxy) is 1. The molecule has 7 nitrogen and oxygen atoms in total. The zero-order valence-corrected chi connectivity index (χ0v) is 19.7. The fraction of sp³-hybridized carbons (Fsp3) is 0.154. The molecule has 3 aromatic carbocycles. The standard InChI is InChI=1S/C26H24N4O3S/c1-33-25-16-10-9-15-21(25)23-17-24(30(27-23)34(2,31)32)22-18-29(20-13-7-4-8-14-20)28-26(22)19-11-5-3-6-12-19/h3-16,18,24H,17H2,1-2H3. The smallest absolute Gasteiger partial charge is 0.247 e. The molecule has 0 fully saturated rings. The van der Waals surface area contributed by atoms with Crippen LogP contribution in [-0.4, -0.2) is 41.7 Å². The maximum absolute atomic E-state index is 12.8. The van der Waals surface area contributed by atoms with Crippen LogP contribution in [0.4, 0.5) is 0 Å². The maximum Gasteiger partial charge on any atom is 0.247 e. The zero-order chi connectivity index (χ0) is 23.7. The fourth-order valence-electron chi connectivity index (χ4n) is 4.24. The van der Waals surface area contributed by atoms with Gasteiger partial charge in [0.05, 0.1) is 36.5 Å². The summed E-state index contributed by atoms with van der Waals surface area (Å²) in [5.41, 5.74) is 4.73. The van der Waals surface area contributed by atoms with E-state index in [1.165, 1.54) is 10.7 Å². The van der Waals surface area contributed by atoms with E-state index in [0.717, 1.165) is 28.1 Å². The minimum atomic E-state index is -3.65. The molecule has 1 aliphatic rings. The van der Waals surface area contributed by atoms with Crippen molar-refractivity contribution >= 4 is 15.7 Å². The first kappa shape index (κ1) is 21.9. The Morgan fingerprint density at radius 1 is 0.912 bits per heavy atom. The molecule has 34 heavy (non-hydrogen) atoms. The van der Waals surface area contributed by atoms with Crippen molar-refractivity contribution in [2.75, 3.05) is 13.4 Å². The molecule has 1 unspecified atom stereocenters. The van der Waals surface area contributed by atoms with E-state index in [-0.39, 0.29) is 0 Å². The second-order valence-corrected chi connectivity index (χ2v) is 9.92. The van der Waals surface area contributed by atoms with Gasteiger partial charge in [-0.05, 0) is 24.3 Å². The number of aromatic nitrogens is 2. The van der Waals surface area contributed by atoms with Gasteiger partial charge in [0.25, 0.3) is 0 Å². The van der Waals surface area contributed by atoms with Gasteiger partial charge in [-0.15, -0.1) is 0 Å². The minimum absolute atomic E-state index is 0.397. The van der Waals surface area contributed by atoms with Crippen LogP contribution in [-0.2, 0) is 10.0 Å². The average Bonchev–Trinajstić information content (AvgIpc) is 3.50. The Labute approximate surface area is 199 Å². The Bertz CT molecular complexity index is 1450. The normalized spacial score (nSPS) is 15.9. The van der Waals surface area contributed by atoms with Crippen molar-refractivity contribution in [1.29, 1.82) is 0 Å². The summed E-state index contributed by atoms with van der Waals surface area (Å²) in [4.78, 5) is 0. The zero-order valence-electron chi connectivity index (χ0n) is 18.9. The third kappa shape index (κ3) is 4.08. The van der Waals surface area contributed by atoms with Crippen LogP contribution in [0, 0.1) is 0 Å². The molecular weight excluding hydrogens is 448 g/mol. The number of para-hydroxylation sites is 2. The topological polar surface area (TPSA) is 76.8 Å². The number of hydrogen-bond donors (Lipinski definition) is 0. The average molecular weight is 473 g/mol. The van der Waals surface area contributed by atoms with Crippen LogP contribution in [0.25, 0.3) is 16.9 Å². The molecule has 1 aliphatic heterocycles.